The lowest BCUT2D eigenvalue weighted by atomic mass is 10.1. The quantitative estimate of drug-likeness (QED) is 0.764. The largest absolute Gasteiger partial charge is 0.338 e. The number of amides is 1. The van der Waals surface area contributed by atoms with E-state index in [-0.39, 0.29) is 17.6 Å². The van der Waals surface area contributed by atoms with Crippen LogP contribution in [0.3, 0.4) is 0 Å². The Hall–Kier alpha value is -1.76. The van der Waals surface area contributed by atoms with Crippen LogP contribution >= 0.6 is 11.8 Å². The summed E-state index contributed by atoms with van der Waals surface area (Å²) in [5.74, 6) is 1.34. The smallest absolute Gasteiger partial charge is 0.237 e. The molecule has 0 aliphatic carbocycles. The van der Waals surface area contributed by atoms with Crippen molar-refractivity contribution >= 4 is 23.6 Å². The molecule has 0 fully saturated rings. The van der Waals surface area contributed by atoms with Gasteiger partial charge in [-0.25, -0.2) is 4.98 Å². The first-order valence-electron chi connectivity index (χ1n) is 8.21. The first kappa shape index (κ1) is 18.6. The second-order valence-corrected chi connectivity index (χ2v) is 7.62. The van der Waals surface area contributed by atoms with Crippen LogP contribution in [0.15, 0.2) is 15.7 Å². The normalized spacial score (nSPS) is 11.5. The second kappa shape index (κ2) is 7.88. The van der Waals surface area contributed by atoms with Gasteiger partial charge < -0.3 is 9.09 Å². The predicted octanol–water partition coefficient (Wildman–Crippen LogP) is 4.00. The zero-order valence-corrected chi connectivity index (χ0v) is 16.0. The van der Waals surface area contributed by atoms with Crippen molar-refractivity contribution < 1.29 is 9.32 Å². The van der Waals surface area contributed by atoms with Gasteiger partial charge in [0.15, 0.2) is 5.16 Å². The van der Waals surface area contributed by atoms with Crippen molar-refractivity contribution in [2.24, 2.45) is 5.92 Å². The zero-order chi connectivity index (χ0) is 17.9. The maximum atomic E-state index is 12.1. The monoisotopic (exact) mass is 350 g/mol. The third-order valence-electron chi connectivity index (χ3n) is 3.69. The molecule has 0 atom stereocenters. The molecule has 0 aliphatic heterocycles. The highest BCUT2D eigenvalue weighted by Gasteiger charge is 2.15. The van der Waals surface area contributed by atoms with E-state index >= 15 is 0 Å². The highest BCUT2D eigenvalue weighted by Crippen LogP contribution is 2.23. The number of aryl methyl sites for hydroxylation is 1. The molecule has 7 heteroatoms. The van der Waals surface area contributed by atoms with Gasteiger partial charge in [-0.1, -0.05) is 44.6 Å². The number of carbonyl (C=O) groups excluding carboxylic acids is 1. The minimum atomic E-state index is -0.124. The van der Waals surface area contributed by atoms with E-state index in [1.807, 2.05) is 20.8 Å². The SMILES string of the molecule is Cc1nc(SCC(=O)Nc2cc(C(C)C)no2)n(CC(C)C)c1C. The van der Waals surface area contributed by atoms with Gasteiger partial charge in [0, 0.05) is 18.3 Å². The lowest BCUT2D eigenvalue weighted by molar-refractivity contribution is -0.113. The zero-order valence-electron chi connectivity index (χ0n) is 15.2. The van der Waals surface area contributed by atoms with Gasteiger partial charge >= 0.3 is 0 Å². The third-order valence-corrected chi connectivity index (χ3v) is 4.66. The van der Waals surface area contributed by atoms with Crippen LogP contribution in [0.1, 0.15) is 50.7 Å². The van der Waals surface area contributed by atoms with Crippen LogP contribution in [0.5, 0.6) is 0 Å². The van der Waals surface area contributed by atoms with Gasteiger partial charge in [0.05, 0.1) is 17.1 Å². The predicted molar refractivity (Wildman–Crippen MR) is 96.5 cm³/mol. The summed E-state index contributed by atoms with van der Waals surface area (Å²) >= 11 is 1.44. The number of carbonyl (C=O) groups is 1. The molecule has 0 saturated heterocycles. The van der Waals surface area contributed by atoms with Gasteiger partial charge in [-0.2, -0.15) is 0 Å². The molecule has 0 aromatic carbocycles. The molecule has 6 nitrogen and oxygen atoms in total. The molecule has 2 heterocycles. The number of nitrogens with zero attached hydrogens (tertiary/aromatic N) is 3. The summed E-state index contributed by atoms with van der Waals surface area (Å²) in [5, 5.41) is 7.56. The number of hydrogen-bond acceptors (Lipinski definition) is 5. The number of imidazole rings is 1. The van der Waals surface area contributed by atoms with Crippen LogP contribution in [0.4, 0.5) is 5.88 Å². The minimum Gasteiger partial charge on any atom is -0.338 e. The lowest BCUT2D eigenvalue weighted by Gasteiger charge is -2.12. The number of hydrogen-bond donors (Lipinski definition) is 1. The molecule has 0 spiro atoms. The summed E-state index contributed by atoms with van der Waals surface area (Å²) < 4.78 is 7.32. The fourth-order valence-electron chi connectivity index (χ4n) is 2.24. The minimum absolute atomic E-state index is 0.124. The topological polar surface area (TPSA) is 73.0 Å². The van der Waals surface area contributed by atoms with E-state index in [1.165, 1.54) is 11.8 Å². The number of aromatic nitrogens is 3. The fourth-order valence-corrected chi connectivity index (χ4v) is 3.14. The summed E-state index contributed by atoms with van der Waals surface area (Å²) in [6.07, 6.45) is 0. The molecule has 132 valence electrons. The van der Waals surface area contributed by atoms with E-state index in [9.17, 15) is 4.79 Å². The lowest BCUT2D eigenvalue weighted by Crippen LogP contribution is -2.15. The Kier molecular flexibility index (Phi) is 6.10. The van der Waals surface area contributed by atoms with Crippen LogP contribution in [0, 0.1) is 19.8 Å². The van der Waals surface area contributed by atoms with E-state index in [4.69, 9.17) is 4.52 Å². The first-order valence-corrected chi connectivity index (χ1v) is 9.19. The van der Waals surface area contributed by atoms with Crippen molar-refractivity contribution in [2.75, 3.05) is 11.1 Å². The summed E-state index contributed by atoms with van der Waals surface area (Å²) in [6, 6.07) is 1.77. The van der Waals surface area contributed by atoms with Gasteiger partial charge in [-0.3, -0.25) is 10.1 Å². The highest BCUT2D eigenvalue weighted by molar-refractivity contribution is 7.99. The van der Waals surface area contributed by atoms with Crippen LogP contribution in [0.2, 0.25) is 0 Å². The molecule has 0 bridgehead atoms. The van der Waals surface area contributed by atoms with Gasteiger partial charge in [0.1, 0.15) is 0 Å². The molecule has 0 radical (unpaired) electrons. The van der Waals surface area contributed by atoms with Gasteiger partial charge in [0.2, 0.25) is 11.8 Å². The molecule has 24 heavy (non-hydrogen) atoms. The number of thioether (sulfide) groups is 1. The maximum Gasteiger partial charge on any atom is 0.237 e. The van der Waals surface area contributed by atoms with E-state index in [0.29, 0.717) is 11.8 Å². The standard InChI is InChI=1S/C17H26N4O2S/c1-10(2)8-21-13(6)12(5)18-17(21)24-9-15(22)19-16-7-14(11(3)4)20-23-16/h7,10-11H,8-9H2,1-6H3,(H,19,22). The Bertz CT molecular complexity index is 704. The molecule has 1 N–H and O–H groups in total. The van der Waals surface area contributed by atoms with E-state index in [0.717, 1.165) is 28.8 Å². The van der Waals surface area contributed by atoms with Crippen LogP contribution < -0.4 is 5.32 Å². The molecule has 2 rings (SSSR count). The maximum absolute atomic E-state index is 12.1. The van der Waals surface area contributed by atoms with Crippen LogP contribution in [-0.2, 0) is 11.3 Å². The molecule has 0 saturated carbocycles. The molecule has 2 aromatic rings. The number of rotatable bonds is 7. The van der Waals surface area contributed by atoms with Gasteiger partial charge in [-0.15, -0.1) is 0 Å². The molecular weight excluding hydrogens is 324 g/mol. The van der Waals surface area contributed by atoms with Crippen LogP contribution in [0.25, 0.3) is 0 Å². The summed E-state index contributed by atoms with van der Waals surface area (Å²) in [5.41, 5.74) is 3.00. The Balaban J connectivity index is 1.97. The van der Waals surface area contributed by atoms with Crippen molar-refractivity contribution in [1.29, 1.82) is 0 Å². The highest BCUT2D eigenvalue weighted by atomic mass is 32.2. The summed E-state index contributed by atoms with van der Waals surface area (Å²) in [4.78, 5) is 16.7. The summed E-state index contributed by atoms with van der Waals surface area (Å²) in [6.45, 7) is 13.4. The number of nitrogens with one attached hydrogen (secondary N) is 1. The molecule has 0 aliphatic rings. The van der Waals surface area contributed by atoms with Crippen molar-refractivity contribution in [2.45, 2.75) is 59.2 Å². The average molecular weight is 350 g/mol. The Labute approximate surface area is 147 Å². The molecule has 1 amide bonds. The van der Waals surface area contributed by atoms with Crippen molar-refractivity contribution in [3.05, 3.63) is 23.1 Å². The summed E-state index contributed by atoms with van der Waals surface area (Å²) in [7, 11) is 0. The molecular formula is C17H26N4O2S. The van der Waals surface area contributed by atoms with Gasteiger partial charge in [-0.05, 0) is 25.7 Å². The van der Waals surface area contributed by atoms with Gasteiger partial charge in [0.25, 0.3) is 0 Å². The Morgan fingerprint density at radius 2 is 2.04 bits per heavy atom. The van der Waals surface area contributed by atoms with Crippen molar-refractivity contribution in [3.63, 3.8) is 0 Å². The van der Waals surface area contributed by atoms with Crippen molar-refractivity contribution in [3.8, 4) is 0 Å². The molecule has 2 aromatic heterocycles. The first-order chi connectivity index (χ1) is 11.3. The second-order valence-electron chi connectivity index (χ2n) is 6.68. The van der Waals surface area contributed by atoms with E-state index in [1.54, 1.807) is 6.07 Å². The fraction of sp³-hybridized carbons (Fsp3) is 0.588. The third kappa shape index (κ3) is 4.63. The molecule has 0 unspecified atom stereocenters. The Morgan fingerprint density at radius 1 is 1.33 bits per heavy atom. The van der Waals surface area contributed by atoms with Crippen molar-refractivity contribution in [1.82, 2.24) is 14.7 Å². The van der Waals surface area contributed by atoms with E-state index < -0.39 is 0 Å². The van der Waals surface area contributed by atoms with Crippen LogP contribution in [-0.4, -0.2) is 26.4 Å². The average Bonchev–Trinajstić information content (AvgIpc) is 3.05. The number of anilines is 1. The van der Waals surface area contributed by atoms with E-state index in [2.05, 4.69) is 40.8 Å². The Morgan fingerprint density at radius 3 is 2.62 bits per heavy atom.